The fourth-order valence-electron chi connectivity index (χ4n) is 1.32. The Balaban J connectivity index is 3.31. The van der Waals surface area contributed by atoms with Gasteiger partial charge in [0.1, 0.15) is 0 Å². The number of benzene rings is 1. The second kappa shape index (κ2) is 5.95. The van der Waals surface area contributed by atoms with Crippen molar-refractivity contribution in [2.24, 2.45) is 0 Å². The van der Waals surface area contributed by atoms with E-state index in [1.54, 1.807) is 6.07 Å². The number of nitro benzene ring substituents is 1. The van der Waals surface area contributed by atoms with Crippen LogP contribution in [0, 0.1) is 10.1 Å². The van der Waals surface area contributed by atoms with Gasteiger partial charge in [-0.1, -0.05) is 15.9 Å². The lowest BCUT2D eigenvalue weighted by Crippen LogP contribution is -2.06. The predicted molar refractivity (Wildman–Crippen MR) is 63.9 cm³/mol. The molecule has 1 aromatic rings. The number of ether oxygens (including phenoxy) is 2. The average Bonchev–Trinajstić information content (AvgIpc) is 2.26. The number of hydrogen-bond donors (Lipinski definition) is 1. The van der Waals surface area contributed by atoms with Gasteiger partial charge in [-0.2, -0.15) is 0 Å². The number of hydrogen-bond acceptors (Lipinski definition) is 5. The smallest absolute Gasteiger partial charge is 0.312 e. The Morgan fingerprint density at radius 2 is 2.24 bits per heavy atom. The Labute approximate surface area is 106 Å². The van der Waals surface area contributed by atoms with Gasteiger partial charge < -0.3 is 14.6 Å². The number of methoxy groups -OCH3 is 1. The first-order valence-corrected chi connectivity index (χ1v) is 5.54. The minimum Gasteiger partial charge on any atom is -0.460 e. The zero-order valence-electron chi connectivity index (χ0n) is 9.34. The van der Waals surface area contributed by atoms with E-state index in [-0.39, 0.29) is 18.2 Å². The summed E-state index contributed by atoms with van der Waals surface area (Å²) in [5, 5.41) is 20.5. The average molecular weight is 306 g/mol. The summed E-state index contributed by atoms with van der Waals surface area (Å²) in [6, 6.07) is 2.89. The van der Waals surface area contributed by atoms with Crippen LogP contribution in [0.15, 0.2) is 16.6 Å². The molecular weight excluding hydrogens is 294 g/mol. The van der Waals surface area contributed by atoms with E-state index >= 15 is 0 Å². The van der Waals surface area contributed by atoms with Crippen molar-refractivity contribution in [2.75, 3.05) is 13.9 Å². The van der Waals surface area contributed by atoms with Crippen LogP contribution < -0.4 is 4.74 Å². The molecule has 7 heteroatoms. The Kier molecular flexibility index (Phi) is 4.86. The maximum absolute atomic E-state index is 10.9. The lowest BCUT2D eigenvalue weighted by Gasteiger charge is -2.13. The van der Waals surface area contributed by atoms with Crippen molar-refractivity contribution < 1.29 is 19.5 Å². The lowest BCUT2D eigenvalue weighted by molar-refractivity contribution is -0.386. The van der Waals surface area contributed by atoms with Gasteiger partial charge in [-0.15, -0.1) is 0 Å². The first-order chi connectivity index (χ1) is 7.97. The van der Waals surface area contributed by atoms with E-state index in [0.717, 1.165) is 0 Å². The highest BCUT2D eigenvalue weighted by Gasteiger charge is 2.23. The van der Waals surface area contributed by atoms with Crippen molar-refractivity contribution >= 4 is 21.6 Å². The molecule has 0 aliphatic carbocycles. The topological polar surface area (TPSA) is 81.8 Å². The molecule has 0 amide bonds. The number of nitro groups is 1. The van der Waals surface area contributed by atoms with Crippen molar-refractivity contribution in [3.05, 3.63) is 32.3 Å². The van der Waals surface area contributed by atoms with Gasteiger partial charge in [0.2, 0.25) is 5.75 Å². The molecule has 0 aliphatic rings. The Morgan fingerprint density at radius 1 is 1.59 bits per heavy atom. The molecular formula is C10H12BrNO5. The SMILES string of the molecule is COCOc1c([C@@H](C)O)cc(Br)cc1[N+](=O)[O-]. The Hall–Kier alpha value is -1.18. The summed E-state index contributed by atoms with van der Waals surface area (Å²) in [7, 11) is 1.41. The molecule has 0 heterocycles. The molecule has 0 aromatic heterocycles. The van der Waals surface area contributed by atoms with Crippen LogP contribution in [0.3, 0.4) is 0 Å². The molecule has 0 spiro atoms. The van der Waals surface area contributed by atoms with Crippen molar-refractivity contribution in [2.45, 2.75) is 13.0 Å². The minimum atomic E-state index is -0.877. The van der Waals surface area contributed by atoms with Crippen molar-refractivity contribution in [3.8, 4) is 5.75 Å². The van der Waals surface area contributed by atoms with Crippen LogP contribution in [0.1, 0.15) is 18.6 Å². The van der Waals surface area contributed by atoms with Crippen molar-refractivity contribution in [1.29, 1.82) is 0 Å². The molecule has 0 saturated carbocycles. The summed E-state index contributed by atoms with van der Waals surface area (Å²) in [5.41, 5.74) is 0.121. The first-order valence-electron chi connectivity index (χ1n) is 4.75. The monoisotopic (exact) mass is 305 g/mol. The Bertz CT molecular complexity index is 421. The van der Waals surface area contributed by atoms with E-state index in [4.69, 9.17) is 9.47 Å². The molecule has 17 heavy (non-hydrogen) atoms. The van der Waals surface area contributed by atoms with Crippen LogP contribution in [0.5, 0.6) is 5.75 Å². The standard InChI is InChI=1S/C10H12BrNO5/c1-6(13)8-3-7(11)4-9(12(14)15)10(8)17-5-16-2/h3-4,6,13H,5H2,1-2H3/t6-/m1/s1. The van der Waals surface area contributed by atoms with E-state index in [9.17, 15) is 15.2 Å². The van der Waals surface area contributed by atoms with Crippen LogP contribution in [0.4, 0.5) is 5.69 Å². The highest BCUT2D eigenvalue weighted by atomic mass is 79.9. The maximum atomic E-state index is 10.9. The second-order valence-electron chi connectivity index (χ2n) is 3.33. The number of halogens is 1. The highest BCUT2D eigenvalue weighted by Crippen LogP contribution is 2.37. The molecule has 1 rings (SSSR count). The molecule has 0 aliphatic heterocycles. The van der Waals surface area contributed by atoms with Gasteiger partial charge in [0.05, 0.1) is 11.0 Å². The normalized spacial score (nSPS) is 12.2. The number of aliphatic hydroxyl groups is 1. The molecule has 0 radical (unpaired) electrons. The molecule has 0 bridgehead atoms. The second-order valence-corrected chi connectivity index (χ2v) is 4.24. The molecule has 0 fully saturated rings. The molecule has 0 saturated heterocycles. The predicted octanol–water partition coefficient (Wildman–Crippen LogP) is 2.39. The zero-order chi connectivity index (χ0) is 13.0. The van der Waals surface area contributed by atoms with Gasteiger partial charge in [-0.25, -0.2) is 0 Å². The van der Waals surface area contributed by atoms with Crippen LogP contribution in [0.2, 0.25) is 0 Å². The van der Waals surface area contributed by atoms with Gasteiger partial charge in [0.25, 0.3) is 0 Å². The molecule has 0 unspecified atom stereocenters. The van der Waals surface area contributed by atoms with Crippen LogP contribution in [0.25, 0.3) is 0 Å². The maximum Gasteiger partial charge on any atom is 0.312 e. The van der Waals surface area contributed by atoms with Crippen LogP contribution in [-0.4, -0.2) is 23.9 Å². The van der Waals surface area contributed by atoms with Crippen molar-refractivity contribution in [1.82, 2.24) is 0 Å². The summed E-state index contributed by atoms with van der Waals surface area (Å²) in [4.78, 5) is 10.3. The molecule has 1 aromatic carbocycles. The van der Waals surface area contributed by atoms with Crippen LogP contribution >= 0.6 is 15.9 Å². The van der Waals surface area contributed by atoms with Gasteiger partial charge in [-0.05, 0) is 13.0 Å². The Morgan fingerprint density at radius 3 is 2.71 bits per heavy atom. The van der Waals surface area contributed by atoms with E-state index in [1.807, 2.05) is 0 Å². The zero-order valence-corrected chi connectivity index (χ0v) is 10.9. The summed E-state index contributed by atoms with van der Waals surface area (Å²) in [5.74, 6) is 0.0232. The van der Waals surface area contributed by atoms with E-state index in [1.165, 1.54) is 20.1 Å². The third-order valence-corrected chi connectivity index (χ3v) is 2.49. The summed E-state index contributed by atoms with van der Waals surface area (Å²) in [6.45, 7) is 1.38. The third-order valence-electron chi connectivity index (χ3n) is 2.03. The van der Waals surface area contributed by atoms with E-state index < -0.39 is 11.0 Å². The first kappa shape index (κ1) is 13.9. The molecule has 94 valence electrons. The van der Waals surface area contributed by atoms with E-state index in [2.05, 4.69) is 15.9 Å². The van der Waals surface area contributed by atoms with Gasteiger partial charge in [0.15, 0.2) is 6.79 Å². The summed E-state index contributed by atoms with van der Waals surface area (Å²) < 4.78 is 10.4. The van der Waals surface area contributed by atoms with E-state index in [0.29, 0.717) is 10.0 Å². The van der Waals surface area contributed by atoms with Gasteiger partial charge in [0, 0.05) is 23.2 Å². The fraction of sp³-hybridized carbons (Fsp3) is 0.400. The largest absolute Gasteiger partial charge is 0.460 e. The summed E-state index contributed by atoms with van der Waals surface area (Å²) in [6.07, 6.45) is -0.877. The molecule has 1 atom stereocenters. The number of rotatable bonds is 5. The minimum absolute atomic E-state index is 0.0232. The summed E-state index contributed by atoms with van der Waals surface area (Å²) >= 11 is 3.15. The number of aliphatic hydroxyl groups excluding tert-OH is 1. The molecule has 1 N–H and O–H groups in total. The molecule has 6 nitrogen and oxygen atoms in total. The lowest BCUT2D eigenvalue weighted by atomic mass is 10.1. The highest BCUT2D eigenvalue weighted by molar-refractivity contribution is 9.10. The quantitative estimate of drug-likeness (QED) is 0.513. The van der Waals surface area contributed by atoms with Crippen molar-refractivity contribution in [3.63, 3.8) is 0 Å². The van der Waals surface area contributed by atoms with Crippen LogP contribution in [-0.2, 0) is 4.74 Å². The fourth-order valence-corrected chi connectivity index (χ4v) is 1.78. The third kappa shape index (κ3) is 3.39. The van der Waals surface area contributed by atoms with Gasteiger partial charge in [-0.3, -0.25) is 10.1 Å². The van der Waals surface area contributed by atoms with Gasteiger partial charge >= 0.3 is 5.69 Å². The number of nitrogens with zero attached hydrogens (tertiary/aromatic N) is 1.